The smallest absolute Gasteiger partial charge is 0.273 e. The Labute approximate surface area is 209 Å². The van der Waals surface area contributed by atoms with Gasteiger partial charge in [0.1, 0.15) is 5.82 Å². The number of nitrogens with one attached hydrogen (secondary N) is 3. The van der Waals surface area contributed by atoms with Crippen LogP contribution in [-0.4, -0.2) is 45.8 Å². The molecule has 5 aromatic heterocycles. The van der Waals surface area contributed by atoms with E-state index in [0.29, 0.717) is 34.3 Å². The molecule has 11 nitrogen and oxygen atoms in total. The van der Waals surface area contributed by atoms with Crippen molar-refractivity contribution in [2.75, 3.05) is 5.32 Å². The standard InChI is InChI=1S/C24H20F2N10O/c1-13-5-19(32-20-6-14(2)34-35-20)33-23(31-13)16-7-18(26)22(28-10-16)24(37)29-9-15-3-4-21(27-8-15)36-12-17(25)11-30-36/h3-8,10-12H,9H2,1-2H3,(H,29,37)(H2,31,32,33,34,35). The van der Waals surface area contributed by atoms with Gasteiger partial charge in [0.05, 0.1) is 12.4 Å². The highest BCUT2D eigenvalue weighted by Gasteiger charge is 2.16. The minimum atomic E-state index is -0.813. The molecule has 0 aliphatic rings. The summed E-state index contributed by atoms with van der Waals surface area (Å²) in [6, 6.07) is 8.03. The number of pyridine rings is 2. The molecule has 0 unspecified atom stereocenters. The first kappa shape index (κ1) is 23.7. The lowest BCUT2D eigenvalue weighted by molar-refractivity contribution is 0.0941. The average Bonchev–Trinajstić information content (AvgIpc) is 3.50. The molecule has 0 fully saturated rings. The van der Waals surface area contributed by atoms with Crippen molar-refractivity contribution in [1.29, 1.82) is 0 Å². The molecule has 5 heterocycles. The number of anilines is 2. The van der Waals surface area contributed by atoms with Crippen LogP contribution in [0, 0.1) is 25.5 Å². The molecule has 186 valence electrons. The van der Waals surface area contributed by atoms with Gasteiger partial charge >= 0.3 is 0 Å². The zero-order chi connectivity index (χ0) is 25.9. The van der Waals surface area contributed by atoms with Crippen LogP contribution in [0.5, 0.6) is 0 Å². The summed E-state index contributed by atoms with van der Waals surface area (Å²) >= 11 is 0. The number of aryl methyl sites for hydroxylation is 2. The van der Waals surface area contributed by atoms with E-state index in [-0.39, 0.29) is 18.1 Å². The SMILES string of the molecule is Cc1cc(Nc2cc(C)[nH]n2)nc(-c2cnc(C(=O)NCc3ccc(-n4cc(F)cn4)nc3)c(F)c2)n1. The molecule has 5 rings (SSSR count). The van der Waals surface area contributed by atoms with Crippen LogP contribution in [0.4, 0.5) is 20.4 Å². The van der Waals surface area contributed by atoms with Gasteiger partial charge in [-0.25, -0.2) is 33.4 Å². The summed E-state index contributed by atoms with van der Waals surface area (Å²) in [6.45, 7) is 3.75. The number of halogens is 2. The number of nitrogens with zero attached hydrogens (tertiary/aromatic N) is 7. The molecule has 0 aromatic carbocycles. The maximum absolute atomic E-state index is 14.8. The summed E-state index contributed by atoms with van der Waals surface area (Å²) in [6.07, 6.45) is 5.12. The van der Waals surface area contributed by atoms with Crippen LogP contribution in [0.2, 0.25) is 0 Å². The lowest BCUT2D eigenvalue weighted by atomic mass is 10.2. The molecule has 0 aliphatic heterocycles. The van der Waals surface area contributed by atoms with Crippen molar-refractivity contribution >= 4 is 17.5 Å². The number of carbonyl (C=O) groups is 1. The third-order valence-corrected chi connectivity index (χ3v) is 5.18. The van der Waals surface area contributed by atoms with Crippen molar-refractivity contribution in [1.82, 2.24) is 45.2 Å². The summed E-state index contributed by atoms with van der Waals surface area (Å²) in [5.41, 5.74) is 2.14. The summed E-state index contributed by atoms with van der Waals surface area (Å²) in [4.78, 5) is 29.5. The number of aromatic nitrogens is 8. The van der Waals surface area contributed by atoms with E-state index in [1.165, 1.54) is 29.3 Å². The molecule has 0 spiro atoms. The third kappa shape index (κ3) is 5.45. The van der Waals surface area contributed by atoms with Crippen molar-refractivity contribution in [3.8, 4) is 17.2 Å². The highest BCUT2D eigenvalue weighted by Crippen LogP contribution is 2.21. The third-order valence-electron chi connectivity index (χ3n) is 5.18. The monoisotopic (exact) mass is 502 g/mol. The molecule has 37 heavy (non-hydrogen) atoms. The molecule has 0 atom stereocenters. The molecule has 0 bridgehead atoms. The largest absolute Gasteiger partial charge is 0.346 e. The first-order valence-corrected chi connectivity index (χ1v) is 11.1. The fourth-order valence-electron chi connectivity index (χ4n) is 3.45. The maximum atomic E-state index is 14.8. The van der Waals surface area contributed by atoms with Crippen molar-refractivity contribution in [2.45, 2.75) is 20.4 Å². The summed E-state index contributed by atoms with van der Waals surface area (Å²) in [5, 5.41) is 16.5. The second-order valence-corrected chi connectivity index (χ2v) is 8.14. The fraction of sp³-hybridized carbons (Fsp3) is 0.125. The van der Waals surface area contributed by atoms with E-state index in [4.69, 9.17) is 0 Å². The molecule has 5 aromatic rings. The first-order valence-electron chi connectivity index (χ1n) is 11.1. The van der Waals surface area contributed by atoms with Gasteiger partial charge in [0, 0.05) is 48.0 Å². The predicted molar refractivity (Wildman–Crippen MR) is 129 cm³/mol. The van der Waals surface area contributed by atoms with Crippen molar-refractivity contribution in [3.63, 3.8) is 0 Å². The topological polar surface area (TPSA) is 139 Å². The van der Waals surface area contributed by atoms with E-state index in [9.17, 15) is 13.6 Å². The Bertz CT molecular complexity index is 1580. The normalized spacial score (nSPS) is 10.9. The van der Waals surface area contributed by atoms with Gasteiger partial charge in [-0.05, 0) is 31.5 Å². The van der Waals surface area contributed by atoms with Crippen LogP contribution in [-0.2, 0) is 6.54 Å². The average molecular weight is 502 g/mol. The number of carbonyl (C=O) groups excluding carboxylic acids is 1. The highest BCUT2D eigenvalue weighted by molar-refractivity contribution is 5.92. The van der Waals surface area contributed by atoms with E-state index in [0.717, 1.165) is 11.9 Å². The van der Waals surface area contributed by atoms with E-state index in [1.54, 1.807) is 25.1 Å². The van der Waals surface area contributed by atoms with E-state index in [1.807, 2.05) is 13.0 Å². The zero-order valence-corrected chi connectivity index (χ0v) is 19.7. The van der Waals surface area contributed by atoms with Gasteiger partial charge in [0.25, 0.3) is 5.91 Å². The molecule has 13 heteroatoms. The molecule has 0 aliphatic carbocycles. The van der Waals surface area contributed by atoms with Crippen molar-refractivity contribution < 1.29 is 13.6 Å². The van der Waals surface area contributed by atoms with E-state index in [2.05, 4.69) is 45.9 Å². The maximum Gasteiger partial charge on any atom is 0.273 e. The van der Waals surface area contributed by atoms with Gasteiger partial charge in [-0.1, -0.05) is 6.07 Å². The van der Waals surface area contributed by atoms with Gasteiger partial charge in [0.2, 0.25) is 0 Å². The van der Waals surface area contributed by atoms with E-state index >= 15 is 0 Å². The molecule has 1 amide bonds. The molecular formula is C24H20F2N10O. The van der Waals surface area contributed by atoms with Crippen molar-refractivity contribution in [3.05, 3.63) is 89.4 Å². The summed E-state index contributed by atoms with van der Waals surface area (Å²) in [7, 11) is 0. The second-order valence-electron chi connectivity index (χ2n) is 8.14. The molecule has 0 saturated carbocycles. The van der Waals surface area contributed by atoms with Crippen LogP contribution >= 0.6 is 0 Å². The van der Waals surface area contributed by atoms with Gasteiger partial charge in [0.15, 0.2) is 34.8 Å². The number of hydrogen-bond acceptors (Lipinski definition) is 8. The minimum absolute atomic E-state index is 0.0884. The Balaban J connectivity index is 1.26. The first-order chi connectivity index (χ1) is 17.8. The van der Waals surface area contributed by atoms with Crippen LogP contribution in [0.15, 0.2) is 55.1 Å². The van der Waals surface area contributed by atoms with Crippen LogP contribution in [0.3, 0.4) is 0 Å². The van der Waals surface area contributed by atoms with Gasteiger partial charge in [-0.2, -0.15) is 10.2 Å². The second kappa shape index (κ2) is 9.89. The van der Waals surface area contributed by atoms with Gasteiger partial charge < -0.3 is 10.6 Å². The molecule has 0 saturated heterocycles. The molecular weight excluding hydrogens is 482 g/mol. The number of rotatable bonds is 7. The zero-order valence-electron chi connectivity index (χ0n) is 19.7. The number of aromatic amines is 1. The van der Waals surface area contributed by atoms with Gasteiger partial charge in [-0.15, -0.1) is 0 Å². The summed E-state index contributed by atoms with van der Waals surface area (Å²) in [5.74, 6) is -0.259. The highest BCUT2D eigenvalue weighted by atomic mass is 19.1. The Kier molecular flexibility index (Phi) is 6.32. The fourth-order valence-corrected chi connectivity index (χ4v) is 3.45. The van der Waals surface area contributed by atoms with Gasteiger partial charge in [-0.3, -0.25) is 9.89 Å². The quantitative estimate of drug-likeness (QED) is 0.308. The Morgan fingerprint density at radius 1 is 1.03 bits per heavy atom. The van der Waals surface area contributed by atoms with Crippen LogP contribution in [0.1, 0.15) is 27.4 Å². The molecule has 3 N–H and O–H groups in total. The Morgan fingerprint density at radius 3 is 2.57 bits per heavy atom. The molecule has 0 radical (unpaired) electrons. The van der Waals surface area contributed by atoms with Crippen LogP contribution < -0.4 is 10.6 Å². The van der Waals surface area contributed by atoms with Crippen molar-refractivity contribution in [2.24, 2.45) is 0 Å². The van der Waals surface area contributed by atoms with Crippen LogP contribution in [0.25, 0.3) is 17.2 Å². The number of hydrogen-bond donors (Lipinski definition) is 3. The predicted octanol–water partition coefficient (Wildman–Crippen LogP) is 3.41. The Morgan fingerprint density at radius 2 is 1.89 bits per heavy atom. The lowest BCUT2D eigenvalue weighted by Crippen LogP contribution is -2.25. The summed E-state index contributed by atoms with van der Waals surface area (Å²) < 4.78 is 29.3. The minimum Gasteiger partial charge on any atom is -0.346 e. The Hall–Kier alpha value is -5.07. The lowest BCUT2D eigenvalue weighted by Gasteiger charge is -2.09. The number of H-pyrrole nitrogens is 1. The van der Waals surface area contributed by atoms with E-state index < -0.39 is 17.5 Å². The number of amides is 1.